The largest absolute Gasteiger partial charge is 0.406 e. The fraction of sp³-hybridized carbons (Fsp3) is 0.400. The average Bonchev–Trinajstić information content (AvgIpc) is 2.25. The molecule has 1 aromatic heterocycles. The van der Waals surface area contributed by atoms with E-state index in [-0.39, 0.29) is 12.1 Å². The van der Waals surface area contributed by atoms with Gasteiger partial charge in [-0.15, -0.1) is 0 Å². The van der Waals surface area contributed by atoms with Gasteiger partial charge in [-0.25, -0.2) is 4.98 Å². The summed E-state index contributed by atoms with van der Waals surface area (Å²) in [5.41, 5.74) is 0.138. The molecule has 0 spiro atoms. The van der Waals surface area contributed by atoms with Crippen LogP contribution in [0.15, 0.2) is 22.9 Å². The van der Waals surface area contributed by atoms with E-state index in [9.17, 15) is 18.0 Å². The predicted molar refractivity (Wildman–Crippen MR) is 59.6 cm³/mol. The smallest absolute Gasteiger partial charge is 0.330 e. The van der Waals surface area contributed by atoms with Crippen molar-refractivity contribution in [2.24, 2.45) is 0 Å². The Morgan fingerprint density at radius 2 is 2.12 bits per heavy atom. The Balaban J connectivity index is 2.83. The molecule has 0 bridgehead atoms. The van der Waals surface area contributed by atoms with Crippen LogP contribution in [0, 0.1) is 0 Å². The van der Waals surface area contributed by atoms with Gasteiger partial charge in [-0.3, -0.25) is 4.79 Å². The lowest BCUT2D eigenvalue weighted by molar-refractivity contribution is -0.140. The fourth-order valence-electron chi connectivity index (χ4n) is 1.23. The summed E-state index contributed by atoms with van der Waals surface area (Å²) < 4.78 is 37.2. The highest BCUT2D eigenvalue weighted by Crippen LogP contribution is 2.18. The number of rotatable bonds is 3. The van der Waals surface area contributed by atoms with Gasteiger partial charge in [-0.1, -0.05) is 0 Å². The molecule has 17 heavy (non-hydrogen) atoms. The van der Waals surface area contributed by atoms with Crippen molar-refractivity contribution < 1.29 is 18.0 Å². The molecule has 0 aliphatic carbocycles. The zero-order valence-electron chi connectivity index (χ0n) is 8.96. The van der Waals surface area contributed by atoms with E-state index in [1.54, 1.807) is 0 Å². The van der Waals surface area contributed by atoms with Crippen molar-refractivity contribution in [3.63, 3.8) is 0 Å². The molecule has 1 heterocycles. The Morgan fingerprint density at radius 3 is 2.53 bits per heavy atom. The van der Waals surface area contributed by atoms with Crippen LogP contribution in [0.2, 0.25) is 0 Å². The Kier molecular flexibility index (Phi) is 4.50. The molecule has 1 aromatic rings. The molecule has 0 aromatic carbocycles. The number of carbonyl (C=O) groups excluding carboxylic acids is 1. The zero-order valence-corrected chi connectivity index (χ0v) is 10.5. The minimum Gasteiger partial charge on any atom is -0.330 e. The summed E-state index contributed by atoms with van der Waals surface area (Å²) in [7, 11) is 0. The Labute approximate surface area is 105 Å². The highest BCUT2D eigenvalue weighted by molar-refractivity contribution is 9.10. The Bertz CT molecular complexity index is 392. The summed E-state index contributed by atoms with van der Waals surface area (Å²) in [6, 6.07) is 2.94. The third-order valence-electron chi connectivity index (χ3n) is 2.01. The molecule has 0 aliphatic rings. The maximum absolute atomic E-state index is 12.2. The average molecular weight is 311 g/mol. The second kappa shape index (κ2) is 5.48. The molecule has 0 saturated heterocycles. The van der Waals surface area contributed by atoms with E-state index in [0.717, 1.165) is 4.90 Å². The predicted octanol–water partition coefficient (Wildman–Crippen LogP) is 2.87. The molecule has 0 saturated carbocycles. The Hall–Kier alpha value is -1.11. The van der Waals surface area contributed by atoms with Crippen LogP contribution in [0.4, 0.5) is 13.2 Å². The zero-order chi connectivity index (χ0) is 13.1. The van der Waals surface area contributed by atoms with Crippen molar-refractivity contribution >= 4 is 21.8 Å². The van der Waals surface area contributed by atoms with E-state index in [2.05, 4.69) is 20.9 Å². The molecule has 0 fully saturated rings. The lowest BCUT2D eigenvalue weighted by Gasteiger charge is -2.22. The number of halogens is 4. The molecule has 0 atom stereocenters. The first kappa shape index (κ1) is 14.0. The van der Waals surface area contributed by atoms with E-state index in [4.69, 9.17) is 0 Å². The second-order valence-corrected chi connectivity index (χ2v) is 4.12. The molecule has 1 amide bonds. The van der Waals surface area contributed by atoms with Crippen LogP contribution in [0.5, 0.6) is 0 Å². The molecule has 94 valence electrons. The lowest BCUT2D eigenvalue weighted by atomic mass is 10.2. The number of nitrogens with zero attached hydrogens (tertiary/aromatic N) is 2. The summed E-state index contributed by atoms with van der Waals surface area (Å²) in [5.74, 6) is -0.676. The van der Waals surface area contributed by atoms with Crippen LogP contribution in [0.1, 0.15) is 17.3 Å². The molecular formula is C10H10BrF3N2O. The van der Waals surface area contributed by atoms with Crippen LogP contribution < -0.4 is 0 Å². The number of amides is 1. The van der Waals surface area contributed by atoms with Crippen molar-refractivity contribution in [3.05, 3.63) is 28.5 Å². The molecule has 3 nitrogen and oxygen atoms in total. The summed E-state index contributed by atoms with van der Waals surface area (Å²) in [5, 5.41) is 0. The standard InChI is InChI=1S/C10H10BrF3N2O/c1-2-16(6-10(12,13)14)9(17)7-3-4-8(11)15-5-7/h3-5H,2,6H2,1H3. The first-order chi connectivity index (χ1) is 7.83. The maximum atomic E-state index is 12.2. The third-order valence-corrected chi connectivity index (χ3v) is 2.48. The van der Waals surface area contributed by atoms with Gasteiger partial charge in [0.15, 0.2) is 0 Å². The van der Waals surface area contributed by atoms with Gasteiger partial charge in [-0.2, -0.15) is 13.2 Å². The van der Waals surface area contributed by atoms with E-state index >= 15 is 0 Å². The summed E-state index contributed by atoms with van der Waals surface area (Å²) >= 11 is 3.08. The van der Waals surface area contributed by atoms with E-state index in [1.807, 2.05) is 0 Å². The van der Waals surface area contributed by atoms with Gasteiger partial charge in [-0.05, 0) is 35.0 Å². The number of aromatic nitrogens is 1. The van der Waals surface area contributed by atoms with Crippen LogP contribution >= 0.6 is 15.9 Å². The molecule has 0 N–H and O–H groups in total. The highest BCUT2D eigenvalue weighted by atomic mass is 79.9. The van der Waals surface area contributed by atoms with Crippen molar-refractivity contribution in [3.8, 4) is 0 Å². The van der Waals surface area contributed by atoms with Gasteiger partial charge in [0, 0.05) is 12.7 Å². The van der Waals surface area contributed by atoms with Gasteiger partial charge >= 0.3 is 6.18 Å². The molecular weight excluding hydrogens is 301 g/mol. The molecule has 0 radical (unpaired) electrons. The van der Waals surface area contributed by atoms with Crippen LogP contribution in [0.25, 0.3) is 0 Å². The van der Waals surface area contributed by atoms with Gasteiger partial charge in [0.05, 0.1) is 5.56 Å². The van der Waals surface area contributed by atoms with Crippen molar-refractivity contribution in [2.45, 2.75) is 13.1 Å². The maximum Gasteiger partial charge on any atom is 0.406 e. The minimum atomic E-state index is -4.39. The molecule has 0 unspecified atom stereocenters. The van der Waals surface area contributed by atoms with E-state index in [1.165, 1.54) is 25.3 Å². The first-order valence-corrected chi connectivity index (χ1v) is 5.60. The normalized spacial score (nSPS) is 11.4. The van der Waals surface area contributed by atoms with Crippen LogP contribution in [-0.2, 0) is 0 Å². The van der Waals surface area contributed by atoms with Crippen molar-refractivity contribution in [1.82, 2.24) is 9.88 Å². The van der Waals surface area contributed by atoms with Crippen LogP contribution in [0.3, 0.4) is 0 Å². The minimum absolute atomic E-state index is 0.00555. The molecule has 1 rings (SSSR count). The number of hydrogen-bond donors (Lipinski definition) is 0. The quantitative estimate of drug-likeness (QED) is 0.804. The topological polar surface area (TPSA) is 33.2 Å². The summed E-state index contributed by atoms with van der Waals surface area (Å²) in [6.07, 6.45) is -3.15. The first-order valence-electron chi connectivity index (χ1n) is 4.81. The number of hydrogen-bond acceptors (Lipinski definition) is 2. The van der Waals surface area contributed by atoms with Gasteiger partial charge in [0.2, 0.25) is 0 Å². The SMILES string of the molecule is CCN(CC(F)(F)F)C(=O)c1ccc(Br)nc1. The van der Waals surface area contributed by atoms with Gasteiger partial charge in [0.1, 0.15) is 11.1 Å². The lowest BCUT2D eigenvalue weighted by Crippen LogP contribution is -2.38. The van der Waals surface area contributed by atoms with Crippen molar-refractivity contribution in [1.29, 1.82) is 0 Å². The number of pyridine rings is 1. The van der Waals surface area contributed by atoms with E-state index in [0.29, 0.717) is 4.60 Å². The second-order valence-electron chi connectivity index (χ2n) is 3.30. The molecule has 0 aliphatic heterocycles. The monoisotopic (exact) mass is 310 g/mol. The molecule has 7 heteroatoms. The number of alkyl halides is 3. The highest BCUT2D eigenvalue weighted by Gasteiger charge is 2.32. The Morgan fingerprint density at radius 1 is 1.47 bits per heavy atom. The van der Waals surface area contributed by atoms with Crippen molar-refractivity contribution in [2.75, 3.05) is 13.1 Å². The summed E-state index contributed by atoms with van der Waals surface area (Å²) in [6.45, 7) is 0.239. The third kappa shape index (κ3) is 4.33. The van der Waals surface area contributed by atoms with Crippen LogP contribution in [-0.4, -0.2) is 35.1 Å². The number of carbonyl (C=O) groups is 1. The van der Waals surface area contributed by atoms with Gasteiger partial charge in [0.25, 0.3) is 5.91 Å². The summed E-state index contributed by atoms with van der Waals surface area (Å²) in [4.78, 5) is 16.3. The fourth-order valence-corrected chi connectivity index (χ4v) is 1.46. The van der Waals surface area contributed by atoms with Gasteiger partial charge < -0.3 is 4.90 Å². The van der Waals surface area contributed by atoms with E-state index < -0.39 is 18.6 Å².